The van der Waals surface area contributed by atoms with Crippen molar-refractivity contribution < 1.29 is 23.5 Å². The van der Waals surface area contributed by atoms with Crippen LogP contribution in [0.25, 0.3) is 22.3 Å². The third-order valence-electron chi connectivity index (χ3n) is 8.06. The van der Waals surface area contributed by atoms with Gasteiger partial charge < -0.3 is 19.1 Å². The van der Waals surface area contributed by atoms with E-state index >= 15 is 0 Å². The molecule has 1 fully saturated rings. The van der Waals surface area contributed by atoms with E-state index in [1.165, 1.54) is 16.7 Å². The number of esters is 1. The van der Waals surface area contributed by atoms with Crippen molar-refractivity contribution in [2.45, 2.75) is 31.9 Å². The summed E-state index contributed by atoms with van der Waals surface area (Å²) in [5.74, 6) is -3.05. The number of pyridine rings is 2. The van der Waals surface area contributed by atoms with Gasteiger partial charge in [-0.3, -0.25) is 19.2 Å². The van der Waals surface area contributed by atoms with E-state index in [0.717, 1.165) is 26.2 Å². The summed E-state index contributed by atoms with van der Waals surface area (Å²) in [6.45, 7) is 5.67. The van der Waals surface area contributed by atoms with Crippen LogP contribution in [0.3, 0.4) is 0 Å². The molecule has 0 spiro atoms. The van der Waals surface area contributed by atoms with Gasteiger partial charge in [-0.05, 0) is 37.7 Å². The minimum Gasteiger partial charge on any atom is -0.445 e. The molecule has 0 N–H and O–H groups in total. The summed E-state index contributed by atoms with van der Waals surface area (Å²) in [6, 6.07) is 5.98. The summed E-state index contributed by atoms with van der Waals surface area (Å²) in [5.41, 5.74) is -0.739. The van der Waals surface area contributed by atoms with E-state index in [4.69, 9.17) is 16.3 Å². The number of nitrogens with zero attached hydrogens (tertiary/aromatic N) is 4. The standard InChI is InChI=1S/C28H26ClFN4O5/c1-3-28(39-22(35)4-5-33-8-6-32(2)7-9-33)17-12-21-24-16(10-15-11-19(30)18(29)13-20(15)31-24)14-34(21)27(38)23(17)25(36)26(28)37/h10-13H,3-9,14H2,1-2H3. The second-order valence-electron chi connectivity index (χ2n) is 10.4. The Kier molecular flexibility index (Phi) is 6.16. The molecule has 0 saturated carbocycles. The van der Waals surface area contributed by atoms with Gasteiger partial charge in [0.25, 0.3) is 11.3 Å². The van der Waals surface area contributed by atoms with Crippen molar-refractivity contribution in [3.63, 3.8) is 0 Å². The van der Waals surface area contributed by atoms with E-state index < -0.39 is 34.5 Å². The Morgan fingerprint density at radius 1 is 1.13 bits per heavy atom. The molecule has 4 heterocycles. The Bertz CT molecular complexity index is 1650. The first-order chi connectivity index (χ1) is 18.6. The van der Waals surface area contributed by atoms with Crippen molar-refractivity contribution in [1.29, 1.82) is 0 Å². The molecule has 2 aliphatic heterocycles. The molecule has 39 heavy (non-hydrogen) atoms. The molecule has 1 aliphatic carbocycles. The molecule has 0 radical (unpaired) electrons. The number of Topliss-reactive ketones (excluding diaryl/α,β-unsaturated/α-hetero) is 2. The molecule has 9 nitrogen and oxygen atoms in total. The minimum atomic E-state index is -1.87. The Morgan fingerprint density at radius 3 is 2.59 bits per heavy atom. The zero-order valence-electron chi connectivity index (χ0n) is 21.6. The van der Waals surface area contributed by atoms with Crippen molar-refractivity contribution in [3.05, 3.63) is 62.1 Å². The lowest BCUT2D eigenvalue weighted by molar-refractivity contribution is -0.167. The average molecular weight is 553 g/mol. The molecule has 0 bridgehead atoms. The summed E-state index contributed by atoms with van der Waals surface area (Å²) in [7, 11) is 2.04. The smallest absolute Gasteiger partial charge is 0.308 e. The highest BCUT2D eigenvalue weighted by molar-refractivity contribution is 6.50. The van der Waals surface area contributed by atoms with E-state index in [0.29, 0.717) is 34.4 Å². The molecule has 3 aromatic rings. The van der Waals surface area contributed by atoms with Gasteiger partial charge in [0.1, 0.15) is 5.82 Å². The number of piperazine rings is 1. The number of likely N-dealkylation sites (N-methyl/N-ethyl adjacent to an activating group) is 1. The number of ether oxygens (including phenoxy) is 1. The third-order valence-corrected chi connectivity index (χ3v) is 8.35. The van der Waals surface area contributed by atoms with Crippen LogP contribution in [0.2, 0.25) is 5.02 Å². The molecule has 1 aromatic carbocycles. The first-order valence-corrected chi connectivity index (χ1v) is 13.3. The molecule has 1 saturated heterocycles. The molecule has 1 unspecified atom stereocenters. The van der Waals surface area contributed by atoms with Crippen LogP contribution in [0.5, 0.6) is 0 Å². The molecular weight excluding hydrogens is 527 g/mol. The lowest BCUT2D eigenvalue weighted by atomic mass is 9.91. The fraction of sp³-hybridized carbons (Fsp3) is 0.393. The number of carbonyl (C=O) groups is 3. The van der Waals surface area contributed by atoms with Crippen molar-refractivity contribution >= 4 is 40.0 Å². The van der Waals surface area contributed by atoms with Crippen LogP contribution in [0.15, 0.2) is 29.1 Å². The van der Waals surface area contributed by atoms with E-state index in [1.807, 2.05) is 7.05 Å². The average Bonchev–Trinajstić information content (AvgIpc) is 3.37. The van der Waals surface area contributed by atoms with Crippen LogP contribution in [-0.2, 0) is 26.5 Å². The molecule has 2 aromatic heterocycles. The summed E-state index contributed by atoms with van der Waals surface area (Å²) in [5, 5.41) is 0.441. The van der Waals surface area contributed by atoms with Gasteiger partial charge in [0.05, 0.1) is 40.5 Å². The van der Waals surface area contributed by atoms with E-state index in [9.17, 15) is 23.6 Å². The summed E-state index contributed by atoms with van der Waals surface area (Å²) >= 11 is 5.96. The number of carbonyl (C=O) groups excluding carboxylic acids is 3. The number of fused-ring (bicyclic) bond motifs is 5. The maximum Gasteiger partial charge on any atom is 0.308 e. The van der Waals surface area contributed by atoms with Crippen molar-refractivity contribution in [2.24, 2.45) is 0 Å². The normalized spacial score (nSPS) is 20.8. The fourth-order valence-electron chi connectivity index (χ4n) is 5.77. The Balaban J connectivity index is 1.38. The maximum atomic E-state index is 14.0. The molecule has 202 valence electrons. The molecule has 0 amide bonds. The van der Waals surface area contributed by atoms with Gasteiger partial charge in [0.15, 0.2) is 0 Å². The Morgan fingerprint density at radius 2 is 1.87 bits per heavy atom. The number of aromatic nitrogens is 2. The minimum absolute atomic E-state index is 0.000602. The quantitative estimate of drug-likeness (QED) is 0.275. The number of halogens is 2. The number of benzene rings is 1. The fourth-order valence-corrected chi connectivity index (χ4v) is 5.93. The Hall–Kier alpha value is -3.47. The van der Waals surface area contributed by atoms with Crippen LogP contribution in [0.1, 0.15) is 41.3 Å². The maximum absolute atomic E-state index is 14.0. The monoisotopic (exact) mass is 552 g/mol. The van der Waals surface area contributed by atoms with Crippen LogP contribution in [-0.4, -0.2) is 76.7 Å². The lowest BCUT2D eigenvalue weighted by Crippen LogP contribution is -2.45. The van der Waals surface area contributed by atoms with Crippen LogP contribution < -0.4 is 5.56 Å². The zero-order valence-corrected chi connectivity index (χ0v) is 22.3. The second-order valence-corrected chi connectivity index (χ2v) is 10.8. The van der Waals surface area contributed by atoms with E-state index in [-0.39, 0.29) is 35.5 Å². The van der Waals surface area contributed by atoms with Crippen molar-refractivity contribution in [1.82, 2.24) is 19.4 Å². The van der Waals surface area contributed by atoms with Gasteiger partial charge in [0, 0.05) is 49.2 Å². The highest BCUT2D eigenvalue weighted by atomic mass is 35.5. The first-order valence-electron chi connectivity index (χ1n) is 12.9. The van der Waals surface area contributed by atoms with Gasteiger partial charge in [-0.25, -0.2) is 9.37 Å². The molecule has 6 rings (SSSR count). The predicted octanol–water partition coefficient (Wildman–Crippen LogP) is 2.77. The van der Waals surface area contributed by atoms with Crippen LogP contribution >= 0.6 is 11.6 Å². The van der Waals surface area contributed by atoms with Gasteiger partial charge in [-0.1, -0.05) is 18.5 Å². The van der Waals surface area contributed by atoms with Crippen molar-refractivity contribution in [3.8, 4) is 11.4 Å². The van der Waals surface area contributed by atoms with Gasteiger partial charge >= 0.3 is 5.97 Å². The topological polar surface area (TPSA) is 102 Å². The first kappa shape index (κ1) is 25.8. The largest absolute Gasteiger partial charge is 0.445 e. The highest BCUT2D eigenvalue weighted by Crippen LogP contribution is 2.43. The number of rotatable bonds is 5. The van der Waals surface area contributed by atoms with Crippen LogP contribution in [0, 0.1) is 5.82 Å². The van der Waals surface area contributed by atoms with Gasteiger partial charge in [-0.15, -0.1) is 0 Å². The molecule has 3 aliphatic rings. The van der Waals surface area contributed by atoms with Crippen LogP contribution in [0.4, 0.5) is 4.39 Å². The second kappa shape index (κ2) is 9.32. The summed E-state index contributed by atoms with van der Waals surface area (Å²) in [4.78, 5) is 62.0. The number of ketones is 2. The SMILES string of the molecule is CCC1(OC(=O)CCN2CCN(C)CC2)C(=O)C(=O)c2c1cc1n(c2=O)Cc2cc3cc(F)c(Cl)cc3nc2-1. The number of hydrogen-bond acceptors (Lipinski definition) is 8. The molecular formula is C28H26ClFN4O5. The number of hydrogen-bond donors (Lipinski definition) is 0. The Labute approximate surface area is 228 Å². The van der Waals surface area contributed by atoms with Gasteiger partial charge in [-0.2, -0.15) is 0 Å². The van der Waals surface area contributed by atoms with E-state index in [1.54, 1.807) is 19.1 Å². The predicted molar refractivity (Wildman–Crippen MR) is 141 cm³/mol. The molecule has 11 heteroatoms. The zero-order chi connectivity index (χ0) is 27.6. The highest BCUT2D eigenvalue weighted by Gasteiger charge is 2.56. The summed E-state index contributed by atoms with van der Waals surface area (Å²) in [6.07, 6.45) is 0.0560. The van der Waals surface area contributed by atoms with E-state index in [2.05, 4.69) is 14.8 Å². The van der Waals surface area contributed by atoms with Gasteiger partial charge in [0.2, 0.25) is 11.4 Å². The molecule has 1 atom stereocenters. The van der Waals surface area contributed by atoms with Crippen molar-refractivity contribution in [2.75, 3.05) is 39.8 Å². The third kappa shape index (κ3) is 4.00. The lowest BCUT2D eigenvalue weighted by Gasteiger charge is -2.32. The summed E-state index contributed by atoms with van der Waals surface area (Å²) < 4.78 is 21.2.